The number of hydrogen-bond acceptors (Lipinski definition) is 4. The normalized spacial score (nSPS) is 12.3. The summed E-state index contributed by atoms with van der Waals surface area (Å²) in [4.78, 5) is 29.9. The number of sulfonamides is 1. The Balaban J connectivity index is 1.83. The van der Waals surface area contributed by atoms with Crippen molar-refractivity contribution in [2.45, 2.75) is 50.2 Å². The van der Waals surface area contributed by atoms with Gasteiger partial charge in [-0.15, -0.1) is 0 Å². The van der Waals surface area contributed by atoms with Crippen LogP contribution in [0.2, 0.25) is 10.0 Å². The molecule has 4 aromatic rings. The molecular formula is C34H34BrCl2N3O4S. The summed E-state index contributed by atoms with van der Waals surface area (Å²) >= 11 is 16.1. The predicted octanol–water partition coefficient (Wildman–Crippen LogP) is 7.51. The van der Waals surface area contributed by atoms with Crippen LogP contribution >= 0.6 is 39.1 Å². The van der Waals surface area contributed by atoms with E-state index in [0.717, 1.165) is 19.9 Å². The smallest absolute Gasteiger partial charge is 0.264 e. The fourth-order valence-corrected chi connectivity index (χ4v) is 6.99. The Kier molecular flexibility index (Phi) is 11.4. The Morgan fingerprint density at radius 2 is 1.44 bits per heavy atom. The highest BCUT2D eigenvalue weighted by atomic mass is 79.9. The van der Waals surface area contributed by atoms with Crippen LogP contribution in [0.5, 0.6) is 0 Å². The molecule has 0 saturated heterocycles. The molecule has 0 aromatic heterocycles. The first-order chi connectivity index (χ1) is 21.2. The zero-order valence-electron chi connectivity index (χ0n) is 25.1. The van der Waals surface area contributed by atoms with Crippen molar-refractivity contribution in [2.24, 2.45) is 0 Å². The van der Waals surface area contributed by atoms with E-state index in [1.54, 1.807) is 18.2 Å². The summed E-state index contributed by atoms with van der Waals surface area (Å²) in [6.07, 6.45) is 0.207. The molecule has 11 heteroatoms. The highest BCUT2D eigenvalue weighted by Gasteiger charge is 2.36. The lowest BCUT2D eigenvalue weighted by molar-refractivity contribution is -0.140. The van der Waals surface area contributed by atoms with Crippen molar-refractivity contribution in [2.75, 3.05) is 10.8 Å². The minimum atomic E-state index is -4.28. The third-order valence-corrected chi connectivity index (χ3v) is 9.66. The summed E-state index contributed by atoms with van der Waals surface area (Å²) in [5.41, 5.74) is 1.10. The quantitative estimate of drug-likeness (QED) is 0.173. The number of halogens is 3. The standard InChI is InChI=1S/C34H34BrCl2N3O4S/c1-34(2,3)38-33(42)31(20-24-10-6-4-7-11-24)39(22-25-14-16-26(35)17-15-25)32(41)23-40(30-19-18-27(36)21-29(30)37)45(43,44)28-12-8-5-9-13-28/h4-19,21,31H,20,22-23H2,1-3H3,(H,38,42). The fourth-order valence-electron chi connectivity index (χ4n) is 4.71. The molecule has 1 atom stereocenters. The van der Waals surface area contributed by atoms with E-state index in [1.165, 1.54) is 35.2 Å². The maximum Gasteiger partial charge on any atom is 0.264 e. The van der Waals surface area contributed by atoms with E-state index in [2.05, 4.69) is 21.2 Å². The zero-order valence-corrected chi connectivity index (χ0v) is 29.0. The molecule has 0 spiro atoms. The van der Waals surface area contributed by atoms with Gasteiger partial charge in [-0.1, -0.05) is 99.8 Å². The van der Waals surface area contributed by atoms with Gasteiger partial charge in [0.15, 0.2) is 0 Å². The monoisotopic (exact) mass is 729 g/mol. The average Bonchev–Trinajstić information content (AvgIpc) is 2.99. The van der Waals surface area contributed by atoms with E-state index >= 15 is 0 Å². The first kappa shape index (κ1) is 34.5. The van der Waals surface area contributed by atoms with Gasteiger partial charge in [-0.3, -0.25) is 13.9 Å². The highest BCUT2D eigenvalue weighted by molar-refractivity contribution is 9.10. The second kappa shape index (κ2) is 14.8. The SMILES string of the molecule is CC(C)(C)NC(=O)C(Cc1ccccc1)N(Cc1ccc(Br)cc1)C(=O)CN(c1ccc(Cl)cc1Cl)S(=O)(=O)c1ccccc1. The van der Waals surface area contributed by atoms with Crippen molar-refractivity contribution in [3.05, 3.63) is 129 Å². The summed E-state index contributed by atoms with van der Waals surface area (Å²) < 4.78 is 30.0. The van der Waals surface area contributed by atoms with E-state index < -0.39 is 34.1 Å². The number of nitrogens with zero attached hydrogens (tertiary/aromatic N) is 2. The van der Waals surface area contributed by atoms with Gasteiger partial charge in [0, 0.05) is 28.0 Å². The van der Waals surface area contributed by atoms with Gasteiger partial charge >= 0.3 is 0 Å². The molecule has 1 unspecified atom stereocenters. The van der Waals surface area contributed by atoms with Gasteiger partial charge in [0.1, 0.15) is 12.6 Å². The topological polar surface area (TPSA) is 86.8 Å². The van der Waals surface area contributed by atoms with Crippen molar-refractivity contribution in [3.8, 4) is 0 Å². The van der Waals surface area contributed by atoms with Gasteiger partial charge in [0.2, 0.25) is 11.8 Å². The van der Waals surface area contributed by atoms with Crippen molar-refractivity contribution in [3.63, 3.8) is 0 Å². The van der Waals surface area contributed by atoms with Gasteiger partial charge in [-0.2, -0.15) is 0 Å². The third kappa shape index (κ3) is 9.33. The van der Waals surface area contributed by atoms with Gasteiger partial charge in [0.25, 0.3) is 10.0 Å². The van der Waals surface area contributed by atoms with Gasteiger partial charge < -0.3 is 10.2 Å². The molecule has 45 heavy (non-hydrogen) atoms. The average molecular weight is 732 g/mol. The van der Waals surface area contributed by atoms with Crippen LogP contribution in [0, 0.1) is 0 Å². The third-order valence-electron chi connectivity index (χ3n) is 6.82. The molecule has 0 heterocycles. The molecule has 2 amide bonds. The first-order valence-corrected chi connectivity index (χ1v) is 17.2. The number of nitrogens with one attached hydrogen (secondary N) is 1. The molecule has 4 rings (SSSR count). The second-order valence-corrected chi connectivity index (χ2v) is 15.1. The summed E-state index contributed by atoms with van der Waals surface area (Å²) in [5, 5.41) is 3.39. The summed E-state index contributed by atoms with van der Waals surface area (Å²) in [5.74, 6) is -0.952. The van der Waals surface area contributed by atoms with Crippen molar-refractivity contribution >= 4 is 66.7 Å². The largest absolute Gasteiger partial charge is 0.350 e. The Hall–Kier alpha value is -3.37. The van der Waals surface area contributed by atoms with Gasteiger partial charge in [-0.05, 0) is 74.4 Å². The van der Waals surface area contributed by atoms with Crippen LogP contribution in [0.1, 0.15) is 31.9 Å². The molecule has 0 fully saturated rings. The molecule has 0 aliphatic heterocycles. The second-order valence-electron chi connectivity index (χ2n) is 11.5. The summed E-state index contributed by atoms with van der Waals surface area (Å²) in [6, 6.07) is 28.0. The number of anilines is 1. The number of amides is 2. The van der Waals surface area contributed by atoms with Crippen LogP contribution in [0.4, 0.5) is 5.69 Å². The Bertz CT molecular complexity index is 1730. The number of rotatable bonds is 11. The molecule has 0 aliphatic carbocycles. The lowest BCUT2D eigenvalue weighted by Gasteiger charge is -2.35. The molecule has 1 N–H and O–H groups in total. The molecule has 236 valence electrons. The molecule has 0 radical (unpaired) electrons. The maximum atomic E-state index is 14.5. The van der Waals surface area contributed by atoms with E-state index in [1.807, 2.05) is 75.4 Å². The van der Waals surface area contributed by atoms with Crippen molar-refractivity contribution < 1.29 is 18.0 Å². The van der Waals surface area contributed by atoms with E-state index in [9.17, 15) is 18.0 Å². The molecule has 0 saturated carbocycles. The summed E-state index contributed by atoms with van der Waals surface area (Å²) in [6.45, 7) is 5.02. The molecule has 0 aliphatic rings. The van der Waals surface area contributed by atoms with Crippen LogP contribution in [-0.4, -0.2) is 43.3 Å². The zero-order chi connectivity index (χ0) is 32.8. The Morgan fingerprint density at radius 3 is 2.02 bits per heavy atom. The van der Waals surface area contributed by atoms with Crippen LogP contribution in [-0.2, 0) is 32.6 Å². The number of carbonyl (C=O) groups excluding carboxylic acids is 2. The van der Waals surface area contributed by atoms with Crippen LogP contribution < -0.4 is 9.62 Å². The van der Waals surface area contributed by atoms with Crippen molar-refractivity contribution in [1.82, 2.24) is 10.2 Å². The van der Waals surface area contributed by atoms with E-state index in [-0.39, 0.29) is 34.5 Å². The number of benzene rings is 4. The minimum absolute atomic E-state index is 0.0189. The molecule has 7 nitrogen and oxygen atoms in total. The number of carbonyl (C=O) groups is 2. The Morgan fingerprint density at radius 1 is 0.844 bits per heavy atom. The van der Waals surface area contributed by atoms with Crippen LogP contribution in [0.25, 0.3) is 0 Å². The lowest BCUT2D eigenvalue weighted by Crippen LogP contribution is -2.56. The molecular weight excluding hydrogens is 697 g/mol. The van der Waals surface area contributed by atoms with Crippen LogP contribution in [0.15, 0.2) is 112 Å². The fraction of sp³-hybridized carbons (Fsp3) is 0.235. The van der Waals surface area contributed by atoms with E-state index in [0.29, 0.717) is 5.02 Å². The number of hydrogen-bond donors (Lipinski definition) is 1. The van der Waals surface area contributed by atoms with Gasteiger partial charge in [0.05, 0.1) is 15.6 Å². The van der Waals surface area contributed by atoms with Crippen molar-refractivity contribution in [1.29, 1.82) is 0 Å². The van der Waals surface area contributed by atoms with E-state index in [4.69, 9.17) is 23.2 Å². The first-order valence-electron chi connectivity index (χ1n) is 14.2. The Labute approximate surface area is 283 Å². The molecule has 0 bridgehead atoms. The predicted molar refractivity (Wildman–Crippen MR) is 184 cm³/mol. The minimum Gasteiger partial charge on any atom is -0.350 e. The summed E-state index contributed by atoms with van der Waals surface area (Å²) in [7, 11) is -4.28. The maximum absolute atomic E-state index is 14.5. The lowest BCUT2D eigenvalue weighted by atomic mass is 10.0. The molecule has 4 aromatic carbocycles. The highest BCUT2D eigenvalue weighted by Crippen LogP contribution is 2.33. The van der Waals surface area contributed by atoms with Gasteiger partial charge in [-0.25, -0.2) is 8.42 Å². The van der Waals surface area contributed by atoms with Crippen LogP contribution in [0.3, 0.4) is 0 Å².